The third-order valence-corrected chi connectivity index (χ3v) is 5.15. The van der Waals surface area contributed by atoms with Crippen LogP contribution in [0.3, 0.4) is 0 Å². The van der Waals surface area contributed by atoms with Crippen molar-refractivity contribution in [3.8, 4) is 0 Å². The lowest BCUT2D eigenvalue weighted by molar-refractivity contribution is -0.137. The van der Waals surface area contributed by atoms with E-state index in [1.807, 2.05) is 9.80 Å². The molecule has 0 radical (unpaired) electrons. The average molecular weight is 314 g/mol. The van der Waals surface area contributed by atoms with Crippen molar-refractivity contribution in [1.29, 1.82) is 0 Å². The Balaban J connectivity index is 1.58. The molecular weight excluding hydrogens is 288 g/mol. The SMILES string of the molecule is Cc1ccc(CN2CC(C(=O)N3CCC(C)CC3)CC2=O)cc1. The molecule has 0 aromatic heterocycles. The van der Waals surface area contributed by atoms with Gasteiger partial charge in [-0.3, -0.25) is 9.59 Å². The van der Waals surface area contributed by atoms with Gasteiger partial charge in [0, 0.05) is 32.6 Å². The normalized spacial score (nSPS) is 22.7. The van der Waals surface area contributed by atoms with Gasteiger partial charge in [0.1, 0.15) is 0 Å². The van der Waals surface area contributed by atoms with Crippen LogP contribution in [-0.2, 0) is 16.1 Å². The van der Waals surface area contributed by atoms with Crippen molar-refractivity contribution in [3.05, 3.63) is 35.4 Å². The van der Waals surface area contributed by atoms with Crippen LogP contribution in [0.4, 0.5) is 0 Å². The van der Waals surface area contributed by atoms with Crippen LogP contribution >= 0.6 is 0 Å². The molecule has 2 aliphatic rings. The van der Waals surface area contributed by atoms with Crippen LogP contribution in [0.25, 0.3) is 0 Å². The number of likely N-dealkylation sites (tertiary alicyclic amines) is 2. The van der Waals surface area contributed by atoms with E-state index in [9.17, 15) is 9.59 Å². The predicted molar refractivity (Wildman–Crippen MR) is 89.7 cm³/mol. The molecule has 2 heterocycles. The zero-order valence-electron chi connectivity index (χ0n) is 14.1. The summed E-state index contributed by atoms with van der Waals surface area (Å²) >= 11 is 0. The van der Waals surface area contributed by atoms with E-state index in [0.29, 0.717) is 25.4 Å². The minimum Gasteiger partial charge on any atom is -0.342 e. The highest BCUT2D eigenvalue weighted by Gasteiger charge is 2.37. The predicted octanol–water partition coefficient (Wildman–Crippen LogP) is 2.60. The first kappa shape index (κ1) is 16.0. The fourth-order valence-electron chi connectivity index (χ4n) is 3.49. The number of hydrogen-bond donors (Lipinski definition) is 0. The van der Waals surface area contributed by atoms with Crippen molar-refractivity contribution >= 4 is 11.8 Å². The molecule has 0 bridgehead atoms. The average Bonchev–Trinajstić information content (AvgIpc) is 2.91. The number of nitrogens with zero attached hydrogens (tertiary/aromatic N) is 2. The highest BCUT2D eigenvalue weighted by atomic mass is 16.2. The molecule has 1 atom stereocenters. The lowest BCUT2D eigenvalue weighted by atomic mass is 9.97. The molecule has 0 saturated carbocycles. The first-order valence-electron chi connectivity index (χ1n) is 8.65. The molecule has 3 rings (SSSR count). The topological polar surface area (TPSA) is 40.6 Å². The van der Waals surface area contributed by atoms with Gasteiger partial charge in [-0.1, -0.05) is 36.8 Å². The van der Waals surface area contributed by atoms with E-state index in [-0.39, 0.29) is 17.7 Å². The van der Waals surface area contributed by atoms with Crippen LogP contribution in [0.15, 0.2) is 24.3 Å². The van der Waals surface area contributed by atoms with E-state index in [2.05, 4.69) is 38.1 Å². The van der Waals surface area contributed by atoms with Crippen molar-refractivity contribution in [2.75, 3.05) is 19.6 Å². The molecular formula is C19H26N2O2. The molecule has 2 amide bonds. The van der Waals surface area contributed by atoms with Crippen LogP contribution in [0, 0.1) is 18.8 Å². The van der Waals surface area contributed by atoms with E-state index < -0.39 is 0 Å². The highest BCUT2D eigenvalue weighted by Crippen LogP contribution is 2.25. The lowest BCUT2D eigenvalue weighted by Crippen LogP contribution is -2.42. The molecule has 23 heavy (non-hydrogen) atoms. The van der Waals surface area contributed by atoms with E-state index in [0.717, 1.165) is 31.5 Å². The highest BCUT2D eigenvalue weighted by molar-refractivity contribution is 5.89. The van der Waals surface area contributed by atoms with E-state index in [1.54, 1.807) is 0 Å². The maximum absolute atomic E-state index is 12.6. The quantitative estimate of drug-likeness (QED) is 0.860. The summed E-state index contributed by atoms with van der Waals surface area (Å²) in [5.41, 5.74) is 2.35. The van der Waals surface area contributed by atoms with Crippen molar-refractivity contribution in [3.63, 3.8) is 0 Å². The Kier molecular flexibility index (Phi) is 4.69. The molecule has 4 nitrogen and oxygen atoms in total. The first-order valence-corrected chi connectivity index (χ1v) is 8.65. The summed E-state index contributed by atoms with van der Waals surface area (Å²) in [5, 5.41) is 0. The fourth-order valence-corrected chi connectivity index (χ4v) is 3.49. The zero-order chi connectivity index (χ0) is 16.4. The molecule has 2 fully saturated rings. The summed E-state index contributed by atoms with van der Waals surface area (Å²) in [5.74, 6) is 0.842. The number of piperidine rings is 1. The number of rotatable bonds is 3. The van der Waals surface area contributed by atoms with Crippen LogP contribution in [0.5, 0.6) is 0 Å². The van der Waals surface area contributed by atoms with E-state index >= 15 is 0 Å². The number of carbonyl (C=O) groups is 2. The lowest BCUT2D eigenvalue weighted by Gasteiger charge is -2.32. The number of carbonyl (C=O) groups excluding carboxylic acids is 2. The fraction of sp³-hybridized carbons (Fsp3) is 0.579. The third kappa shape index (κ3) is 3.74. The maximum atomic E-state index is 12.6. The second kappa shape index (κ2) is 6.73. The van der Waals surface area contributed by atoms with Gasteiger partial charge in [-0.25, -0.2) is 0 Å². The minimum absolute atomic E-state index is 0.106. The van der Waals surface area contributed by atoms with Crippen molar-refractivity contribution in [1.82, 2.24) is 9.80 Å². The van der Waals surface area contributed by atoms with Crippen LogP contribution < -0.4 is 0 Å². The van der Waals surface area contributed by atoms with Gasteiger partial charge in [0.2, 0.25) is 11.8 Å². The molecule has 0 spiro atoms. The number of benzene rings is 1. The number of aryl methyl sites for hydroxylation is 1. The number of hydrogen-bond acceptors (Lipinski definition) is 2. The van der Waals surface area contributed by atoms with Gasteiger partial charge in [0.15, 0.2) is 0 Å². The van der Waals surface area contributed by atoms with Crippen molar-refractivity contribution in [2.24, 2.45) is 11.8 Å². The summed E-state index contributed by atoms with van der Waals surface area (Å²) in [6.07, 6.45) is 2.54. The van der Waals surface area contributed by atoms with Crippen molar-refractivity contribution < 1.29 is 9.59 Å². The van der Waals surface area contributed by atoms with E-state index in [1.165, 1.54) is 5.56 Å². The van der Waals surface area contributed by atoms with Crippen LogP contribution in [0.1, 0.15) is 37.3 Å². The molecule has 2 saturated heterocycles. The summed E-state index contributed by atoms with van der Waals surface area (Å²) in [6, 6.07) is 8.24. The maximum Gasteiger partial charge on any atom is 0.227 e. The second-order valence-corrected chi connectivity index (χ2v) is 7.17. The monoisotopic (exact) mass is 314 g/mol. The van der Waals surface area contributed by atoms with Crippen LogP contribution in [-0.4, -0.2) is 41.2 Å². The second-order valence-electron chi connectivity index (χ2n) is 7.17. The molecule has 0 aliphatic carbocycles. The van der Waals surface area contributed by atoms with Crippen LogP contribution in [0.2, 0.25) is 0 Å². The summed E-state index contributed by atoms with van der Waals surface area (Å²) in [4.78, 5) is 28.7. The molecule has 0 N–H and O–H groups in total. The largest absolute Gasteiger partial charge is 0.342 e. The van der Waals surface area contributed by atoms with Gasteiger partial charge < -0.3 is 9.80 Å². The van der Waals surface area contributed by atoms with E-state index in [4.69, 9.17) is 0 Å². The molecule has 4 heteroatoms. The molecule has 124 valence electrons. The zero-order valence-corrected chi connectivity index (χ0v) is 14.1. The summed E-state index contributed by atoms with van der Waals surface area (Å²) < 4.78 is 0. The Hall–Kier alpha value is -1.84. The molecule has 2 aliphatic heterocycles. The standard InChI is InChI=1S/C19H26N2O2/c1-14-3-5-16(6-4-14)12-21-13-17(11-18(21)22)19(23)20-9-7-15(2)8-10-20/h3-6,15,17H,7-13H2,1-2H3. The third-order valence-electron chi connectivity index (χ3n) is 5.15. The number of amides is 2. The Morgan fingerprint density at radius 1 is 1.17 bits per heavy atom. The summed E-state index contributed by atoms with van der Waals surface area (Å²) in [6.45, 7) is 7.17. The smallest absolute Gasteiger partial charge is 0.227 e. The van der Waals surface area contributed by atoms with Gasteiger partial charge in [0.25, 0.3) is 0 Å². The van der Waals surface area contributed by atoms with Crippen molar-refractivity contribution in [2.45, 2.75) is 39.7 Å². The van der Waals surface area contributed by atoms with Gasteiger partial charge in [-0.15, -0.1) is 0 Å². The Bertz CT molecular complexity index is 574. The van der Waals surface area contributed by atoms with Gasteiger partial charge in [-0.2, -0.15) is 0 Å². The van der Waals surface area contributed by atoms with Gasteiger partial charge >= 0.3 is 0 Å². The Morgan fingerprint density at radius 3 is 2.48 bits per heavy atom. The van der Waals surface area contributed by atoms with Gasteiger partial charge in [-0.05, 0) is 31.2 Å². The Morgan fingerprint density at radius 2 is 1.83 bits per heavy atom. The summed E-state index contributed by atoms with van der Waals surface area (Å²) in [7, 11) is 0. The molecule has 1 unspecified atom stereocenters. The minimum atomic E-state index is -0.152. The molecule has 1 aromatic rings. The van der Waals surface area contributed by atoms with Gasteiger partial charge in [0.05, 0.1) is 5.92 Å². The molecule has 1 aromatic carbocycles. The first-order chi connectivity index (χ1) is 11.0. The Labute approximate surface area is 138 Å².